The van der Waals surface area contributed by atoms with Gasteiger partial charge in [0.05, 0.1) is 5.56 Å². The van der Waals surface area contributed by atoms with Crippen molar-refractivity contribution < 1.29 is 22.7 Å². The van der Waals surface area contributed by atoms with E-state index in [1.54, 1.807) is 6.92 Å². The quantitative estimate of drug-likeness (QED) is 0.745. The number of rotatable bonds is 4. The number of ether oxygens (including phenoxy) is 1. The molecule has 88 valence electrons. The van der Waals surface area contributed by atoms with Crippen LogP contribution in [0.4, 0.5) is 13.2 Å². The third-order valence-corrected chi connectivity index (χ3v) is 2.12. The molecule has 1 aromatic rings. The number of Topliss-reactive ketones (excluding diaryl/α,β-unsaturated/α-hetero) is 1. The molecule has 0 heterocycles. The molecular weight excluding hydrogens is 221 g/mol. The first kappa shape index (κ1) is 12.5. The van der Waals surface area contributed by atoms with Crippen LogP contribution in [0.1, 0.15) is 29.8 Å². The zero-order chi connectivity index (χ0) is 12.3. The van der Waals surface area contributed by atoms with E-state index in [0.717, 1.165) is 12.1 Å². The van der Waals surface area contributed by atoms with E-state index in [-0.39, 0.29) is 16.9 Å². The molecule has 0 aromatic heterocycles. The molecule has 0 N–H and O–H groups in total. The summed E-state index contributed by atoms with van der Waals surface area (Å²) in [4.78, 5) is 11.1. The maximum absolute atomic E-state index is 13.3. The Morgan fingerprint density at radius 1 is 1.44 bits per heavy atom. The van der Waals surface area contributed by atoms with Crippen molar-refractivity contribution in [2.24, 2.45) is 0 Å². The van der Waals surface area contributed by atoms with Gasteiger partial charge in [-0.15, -0.1) is 0 Å². The van der Waals surface area contributed by atoms with Crippen LogP contribution in [0.25, 0.3) is 0 Å². The minimum absolute atomic E-state index is 0.171. The molecular formula is C11H11F3O2. The first-order valence-electron chi connectivity index (χ1n) is 4.73. The van der Waals surface area contributed by atoms with Gasteiger partial charge in [0.2, 0.25) is 0 Å². The van der Waals surface area contributed by atoms with E-state index in [9.17, 15) is 18.0 Å². The predicted octanol–water partition coefficient (Wildman–Crippen LogP) is 3.19. The van der Waals surface area contributed by atoms with Crippen LogP contribution in [0.15, 0.2) is 12.1 Å². The molecule has 0 bridgehead atoms. The normalized spacial score (nSPS) is 10.6. The fraction of sp³-hybridized carbons (Fsp3) is 0.364. The Balaban J connectivity index is 3.25. The summed E-state index contributed by atoms with van der Waals surface area (Å²) in [6.45, 7) is -0.190. The van der Waals surface area contributed by atoms with Crippen molar-refractivity contribution in [1.29, 1.82) is 0 Å². The highest BCUT2D eigenvalue weighted by Gasteiger charge is 2.16. The monoisotopic (exact) mass is 232 g/mol. The maximum atomic E-state index is 13.3. The van der Waals surface area contributed by atoms with Gasteiger partial charge in [-0.25, -0.2) is 4.39 Å². The van der Waals surface area contributed by atoms with Gasteiger partial charge in [0.25, 0.3) is 0 Å². The van der Waals surface area contributed by atoms with Crippen molar-refractivity contribution in [3.8, 4) is 5.75 Å². The Bertz CT molecular complexity index is 402. The molecule has 0 radical (unpaired) electrons. The fourth-order valence-electron chi connectivity index (χ4n) is 1.34. The first-order valence-corrected chi connectivity index (χ1v) is 4.73. The molecule has 0 aliphatic rings. The van der Waals surface area contributed by atoms with Crippen molar-refractivity contribution >= 4 is 5.78 Å². The van der Waals surface area contributed by atoms with Crippen molar-refractivity contribution in [2.75, 3.05) is 0 Å². The second kappa shape index (κ2) is 5.01. The molecule has 1 rings (SSSR count). The summed E-state index contributed by atoms with van der Waals surface area (Å²) in [7, 11) is 0. The lowest BCUT2D eigenvalue weighted by Gasteiger charge is -2.11. The molecule has 0 atom stereocenters. The number of carbonyl (C=O) groups excluding carboxylic acids is 1. The zero-order valence-corrected chi connectivity index (χ0v) is 8.89. The van der Waals surface area contributed by atoms with Gasteiger partial charge >= 0.3 is 6.61 Å². The molecule has 0 spiro atoms. The Morgan fingerprint density at radius 3 is 2.50 bits per heavy atom. The largest absolute Gasteiger partial charge is 0.434 e. The molecule has 0 aliphatic carbocycles. The number of alkyl halides is 2. The molecule has 0 saturated carbocycles. The highest BCUT2D eigenvalue weighted by Crippen LogP contribution is 2.25. The summed E-state index contributed by atoms with van der Waals surface area (Å²) in [5.74, 6) is -1.38. The number of aryl methyl sites for hydroxylation is 1. The summed E-state index contributed by atoms with van der Waals surface area (Å²) in [5, 5.41) is 0. The lowest BCUT2D eigenvalue weighted by atomic mass is 10.1. The fourth-order valence-corrected chi connectivity index (χ4v) is 1.34. The average Bonchev–Trinajstić information content (AvgIpc) is 2.19. The van der Waals surface area contributed by atoms with Crippen LogP contribution in [0, 0.1) is 5.82 Å². The molecule has 0 aliphatic heterocycles. The van der Waals surface area contributed by atoms with E-state index in [2.05, 4.69) is 4.74 Å². The Kier molecular flexibility index (Phi) is 3.93. The minimum atomic E-state index is -3.03. The third-order valence-electron chi connectivity index (χ3n) is 2.12. The van der Waals surface area contributed by atoms with Crippen molar-refractivity contribution in [1.82, 2.24) is 0 Å². The van der Waals surface area contributed by atoms with Crippen LogP contribution in [-0.4, -0.2) is 12.4 Å². The number of hydrogen-bond donors (Lipinski definition) is 0. The predicted molar refractivity (Wildman–Crippen MR) is 52.4 cm³/mol. The molecule has 2 nitrogen and oxygen atoms in total. The summed E-state index contributed by atoms with van der Waals surface area (Å²) in [5.41, 5.74) is 0.0654. The number of benzene rings is 1. The lowest BCUT2D eigenvalue weighted by molar-refractivity contribution is -0.0502. The number of hydrogen-bond acceptors (Lipinski definition) is 2. The van der Waals surface area contributed by atoms with Gasteiger partial charge < -0.3 is 4.74 Å². The van der Waals surface area contributed by atoms with Crippen molar-refractivity contribution in [2.45, 2.75) is 26.9 Å². The van der Waals surface area contributed by atoms with Gasteiger partial charge in [-0.05, 0) is 31.0 Å². The van der Waals surface area contributed by atoms with E-state index >= 15 is 0 Å². The molecule has 5 heteroatoms. The smallest absolute Gasteiger partial charge is 0.387 e. The van der Waals surface area contributed by atoms with E-state index in [0.29, 0.717) is 6.42 Å². The summed E-state index contributed by atoms with van der Waals surface area (Å²) in [6.07, 6.45) is 0.337. The van der Waals surface area contributed by atoms with Gasteiger partial charge in [-0.3, -0.25) is 4.79 Å². The molecule has 1 aromatic carbocycles. The summed E-state index contributed by atoms with van der Waals surface area (Å²) < 4.78 is 41.7. The number of carbonyl (C=O) groups is 1. The standard InChI is InChI=1S/C11H11F3O2/c1-3-7-4-10(16-11(13)14)8(6(2)15)5-9(7)12/h4-5,11H,3H2,1-2H3. The van der Waals surface area contributed by atoms with Crippen LogP contribution in [0.2, 0.25) is 0 Å². The Hall–Kier alpha value is -1.52. The lowest BCUT2D eigenvalue weighted by Crippen LogP contribution is -2.08. The molecule has 0 amide bonds. The van der Waals surface area contributed by atoms with Crippen LogP contribution >= 0.6 is 0 Å². The van der Waals surface area contributed by atoms with Crippen LogP contribution < -0.4 is 4.74 Å². The van der Waals surface area contributed by atoms with Crippen molar-refractivity contribution in [3.05, 3.63) is 29.1 Å². The van der Waals surface area contributed by atoms with Gasteiger partial charge in [-0.2, -0.15) is 8.78 Å². The van der Waals surface area contributed by atoms with Crippen LogP contribution in [0.5, 0.6) is 5.75 Å². The highest BCUT2D eigenvalue weighted by molar-refractivity contribution is 5.96. The first-order chi connectivity index (χ1) is 7.45. The summed E-state index contributed by atoms with van der Waals surface area (Å²) >= 11 is 0. The molecule has 0 saturated heterocycles. The van der Waals surface area contributed by atoms with E-state index in [1.807, 2.05) is 0 Å². The topological polar surface area (TPSA) is 26.3 Å². The molecule has 0 fully saturated rings. The molecule has 16 heavy (non-hydrogen) atoms. The van der Waals surface area contributed by atoms with E-state index in [4.69, 9.17) is 0 Å². The van der Waals surface area contributed by atoms with E-state index in [1.165, 1.54) is 6.92 Å². The number of halogens is 3. The van der Waals surface area contributed by atoms with Gasteiger partial charge in [-0.1, -0.05) is 6.92 Å². The van der Waals surface area contributed by atoms with E-state index < -0.39 is 18.2 Å². The molecule has 0 unspecified atom stereocenters. The minimum Gasteiger partial charge on any atom is -0.434 e. The maximum Gasteiger partial charge on any atom is 0.387 e. The van der Waals surface area contributed by atoms with Crippen LogP contribution in [-0.2, 0) is 6.42 Å². The SMILES string of the molecule is CCc1cc(OC(F)F)c(C(C)=O)cc1F. The van der Waals surface area contributed by atoms with Gasteiger partial charge in [0, 0.05) is 0 Å². The second-order valence-electron chi connectivity index (χ2n) is 3.23. The highest BCUT2D eigenvalue weighted by atomic mass is 19.3. The Morgan fingerprint density at radius 2 is 2.06 bits per heavy atom. The summed E-state index contributed by atoms with van der Waals surface area (Å²) in [6, 6.07) is 2.07. The van der Waals surface area contributed by atoms with Crippen molar-refractivity contribution in [3.63, 3.8) is 0 Å². The number of ketones is 1. The third kappa shape index (κ3) is 2.74. The second-order valence-corrected chi connectivity index (χ2v) is 3.23. The Labute approximate surface area is 91.0 Å². The van der Waals surface area contributed by atoms with Gasteiger partial charge in [0.15, 0.2) is 5.78 Å². The van der Waals surface area contributed by atoms with Gasteiger partial charge in [0.1, 0.15) is 11.6 Å². The average molecular weight is 232 g/mol. The van der Waals surface area contributed by atoms with Crippen LogP contribution in [0.3, 0.4) is 0 Å². The zero-order valence-electron chi connectivity index (χ0n) is 8.89.